The zero-order valence-electron chi connectivity index (χ0n) is 20.1. The van der Waals surface area contributed by atoms with E-state index in [-0.39, 0.29) is 22.3 Å². The molecule has 1 atom stereocenters. The van der Waals surface area contributed by atoms with E-state index < -0.39 is 43.9 Å². The summed E-state index contributed by atoms with van der Waals surface area (Å²) in [6.45, 7) is 17.0. The van der Waals surface area contributed by atoms with Crippen LogP contribution in [0.25, 0.3) is 0 Å². The van der Waals surface area contributed by atoms with Crippen molar-refractivity contribution >= 4 is 20.4 Å². The number of ether oxygens (including phenoxy) is 1. The van der Waals surface area contributed by atoms with E-state index in [9.17, 15) is 19.1 Å². The van der Waals surface area contributed by atoms with Gasteiger partial charge in [-0.15, -0.1) is 0 Å². The van der Waals surface area contributed by atoms with Crippen molar-refractivity contribution in [3.63, 3.8) is 0 Å². The summed E-state index contributed by atoms with van der Waals surface area (Å²) in [5.41, 5.74) is -3.11. The third-order valence-corrected chi connectivity index (χ3v) is 11.5. The predicted molar refractivity (Wildman–Crippen MR) is 120 cm³/mol. The summed E-state index contributed by atoms with van der Waals surface area (Å²) in [5.74, 6) is -2.10. The predicted octanol–water partition coefficient (Wildman–Crippen LogP) is 5.26. The van der Waals surface area contributed by atoms with Crippen molar-refractivity contribution in [2.24, 2.45) is 0 Å². The largest absolute Gasteiger partial charge is 0.478 e. The molecule has 7 nitrogen and oxygen atoms in total. The van der Waals surface area contributed by atoms with Crippen molar-refractivity contribution in [1.82, 2.24) is 10.3 Å². The Kier molecular flexibility index (Phi) is 8.79. The van der Waals surface area contributed by atoms with E-state index in [1.54, 1.807) is 20.8 Å². The monoisotopic (exact) mass is 456 g/mol. The number of amides is 1. The Hall–Kier alpha value is -2.00. The van der Waals surface area contributed by atoms with Crippen LogP contribution in [-0.4, -0.2) is 41.8 Å². The molecular formula is C22H37FN2O5Si. The number of hydrogen-bond acceptors (Lipinski definition) is 5. The van der Waals surface area contributed by atoms with Gasteiger partial charge < -0.3 is 14.3 Å². The van der Waals surface area contributed by atoms with Crippen molar-refractivity contribution in [2.75, 3.05) is 0 Å². The first-order chi connectivity index (χ1) is 14.1. The van der Waals surface area contributed by atoms with Crippen LogP contribution in [0.3, 0.4) is 0 Å². The summed E-state index contributed by atoms with van der Waals surface area (Å²) in [5, 5.41) is 12.7. The fourth-order valence-electron chi connectivity index (χ4n) is 4.19. The van der Waals surface area contributed by atoms with Crippen LogP contribution < -0.4 is 5.32 Å². The highest BCUT2D eigenvalue weighted by atomic mass is 28.4. The number of hydrogen-bond donors (Lipinski definition) is 2. The number of nitrogens with one attached hydrogen (secondary N) is 1. The second kappa shape index (κ2) is 10.1. The molecule has 1 unspecified atom stereocenters. The molecule has 176 valence electrons. The third kappa shape index (κ3) is 6.49. The van der Waals surface area contributed by atoms with E-state index in [1.165, 1.54) is 18.3 Å². The number of carbonyl (C=O) groups is 2. The van der Waals surface area contributed by atoms with E-state index >= 15 is 0 Å². The van der Waals surface area contributed by atoms with Gasteiger partial charge in [0.2, 0.25) is 14.0 Å². The highest BCUT2D eigenvalue weighted by Gasteiger charge is 2.55. The molecule has 0 aliphatic rings. The van der Waals surface area contributed by atoms with Crippen molar-refractivity contribution < 1.29 is 28.2 Å². The van der Waals surface area contributed by atoms with Crippen LogP contribution in [0.1, 0.15) is 68.0 Å². The molecule has 0 aromatic carbocycles. The molecule has 1 aromatic rings. The fourth-order valence-corrected chi connectivity index (χ4v) is 9.71. The summed E-state index contributed by atoms with van der Waals surface area (Å²) in [6.07, 6.45) is -0.0588. The molecule has 0 spiro atoms. The molecule has 0 radical (unpaired) electrons. The Morgan fingerprint density at radius 2 is 1.65 bits per heavy atom. The molecule has 0 saturated carbocycles. The van der Waals surface area contributed by atoms with Gasteiger partial charge in [-0.2, -0.15) is 0 Å². The molecular weight excluding hydrogens is 419 g/mol. The second-order valence-electron chi connectivity index (χ2n) is 9.79. The first kappa shape index (κ1) is 27.0. The minimum absolute atomic E-state index is 0.0280. The molecule has 1 heterocycles. The molecule has 0 fully saturated rings. The first-order valence-electron chi connectivity index (χ1n) is 10.6. The van der Waals surface area contributed by atoms with Crippen molar-refractivity contribution in [2.45, 2.75) is 96.7 Å². The molecule has 1 rings (SSSR count). The molecule has 0 aliphatic heterocycles. The van der Waals surface area contributed by atoms with E-state index in [0.29, 0.717) is 0 Å². The summed E-state index contributed by atoms with van der Waals surface area (Å²) < 4.78 is 26.3. The molecule has 31 heavy (non-hydrogen) atoms. The Morgan fingerprint density at radius 1 is 1.13 bits per heavy atom. The minimum Gasteiger partial charge on any atom is -0.478 e. The van der Waals surface area contributed by atoms with Gasteiger partial charge in [0, 0.05) is 6.20 Å². The Balaban J connectivity index is 3.63. The summed E-state index contributed by atoms with van der Waals surface area (Å²) in [6, 6.07) is 2.61. The van der Waals surface area contributed by atoms with E-state index in [0.717, 1.165) is 0 Å². The maximum Gasteiger partial charge on any atom is 0.410 e. The first-order valence-corrected chi connectivity index (χ1v) is 12.8. The number of aromatic nitrogens is 1. The Bertz CT molecular complexity index is 758. The van der Waals surface area contributed by atoms with Gasteiger partial charge >= 0.3 is 12.1 Å². The average Bonchev–Trinajstić information content (AvgIpc) is 2.58. The van der Waals surface area contributed by atoms with Gasteiger partial charge in [0.05, 0.1) is 12.1 Å². The number of carboxylic acids is 1. The number of halogens is 1. The van der Waals surface area contributed by atoms with Crippen molar-refractivity contribution in [3.8, 4) is 0 Å². The third-order valence-electron chi connectivity index (χ3n) is 5.36. The lowest BCUT2D eigenvalue weighted by Gasteiger charge is -2.47. The van der Waals surface area contributed by atoms with Gasteiger partial charge in [0.1, 0.15) is 11.4 Å². The van der Waals surface area contributed by atoms with Gasteiger partial charge in [0.15, 0.2) is 0 Å². The summed E-state index contributed by atoms with van der Waals surface area (Å²) in [7, 11) is -2.82. The van der Waals surface area contributed by atoms with Crippen molar-refractivity contribution in [1.29, 1.82) is 0 Å². The lowest BCUT2D eigenvalue weighted by atomic mass is 10.1. The van der Waals surface area contributed by atoms with Crippen LogP contribution in [0.2, 0.25) is 16.6 Å². The molecule has 1 aromatic heterocycles. The number of carboxylic acid groups (broad SMARTS) is 1. The maximum absolute atomic E-state index is 14.5. The van der Waals surface area contributed by atoms with Gasteiger partial charge in [-0.05, 0) is 49.5 Å². The number of alkyl carbamates (subject to hydrolysis) is 1. The Labute approximate surface area is 185 Å². The SMILES string of the molecule is CC(C)[Si](OC(Cc1ncccc1F)(NC(=O)OC(C)(C)C)C(=O)O)(C(C)C)C(C)C. The highest BCUT2D eigenvalue weighted by Crippen LogP contribution is 2.45. The minimum atomic E-state index is -2.82. The van der Waals surface area contributed by atoms with Gasteiger partial charge in [-0.1, -0.05) is 41.5 Å². The molecule has 9 heteroatoms. The zero-order valence-corrected chi connectivity index (χ0v) is 21.1. The van der Waals surface area contributed by atoms with E-state index in [1.807, 2.05) is 41.5 Å². The van der Waals surface area contributed by atoms with E-state index in [2.05, 4.69) is 10.3 Å². The molecule has 2 N–H and O–H groups in total. The summed E-state index contributed by atoms with van der Waals surface area (Å²) >= 11 is 0. The number of nitrogens with zero attached hydrogens (tertiary/aromatic N) is 1. The molecule has 0 aliphatic carbocycles. The highest BCUT2D eigenvalue weighted by molar-refractivity contribution is 6.77. The lowest BCUT2D eigenvalue weighted by Crippen LogP contribution is -2.66. The number of carbonyl (C=O) groups excluding carboxylic acids is 1. The van der Waals surface area contributed by atoms with Gasteiger partial charge in [-0.3, -0.25) is 10.3 Å². The van der Waals surface area contributed by atoms with Gasteiger partial charge in [0.25, 0.3) is 0 Å². The quantitative estimate of drug-likeness (QED) is 0.388. The maximum atomic E-state index is 14.5. The smallest absolute Gasteiger partial charge is 0.410 e. The van der Waals surface area contributed by atoms with Crippen LogP contribution in [0, 0.1) is 5.82 Å². The summed E-state index contributed by atoms with van der Waals surface area (Å²) in [4.78, 5) is 29.3. The zero-order chi connectivity index (χ0) is 24.2. The van der Waals surface area contributed by atoms with Crippen LogP contribution in [0.15, 0.2) is 18.3 Å². The van der Waals surface area contributed by atoms with Crippen molar-refractivity contribution in [3.05, 3.63) is 29.8 Å². The van der Waals surface area contributed by atoms with Crippen LogP contribution in [0.5, 0.6) is 0 Å². The standard InChI is InChI=1S/C22H37FN2O5Si/c1-14(2)31(15(3)4,16(5)6)30-22(19(26)27,25-20(28)29-21(7,8)9)13-18-17(23)11-10-12-24-18/h10-12,14-16H,13H2,1-9H3,(H,25,28)(H,26,27). The Morgan fingerprint density at radius 3 is 2.03 bits per heavy atom. The lowest BCUT2D eigenvalue weighted by molar-refractivity contribution is -0.160. The van der Waals surface area contributed by atoms with E-state index in [4.69, 9.17) is 9.16 Å². The fraction of sp³-hybridized carbons (Fsp3) is 0.682. The topological polar surface area (TPSA) is 97.8 Å². The molecule has 1 amide bonds. The van der Waals surface area contributed by atoms with Gasteiger partial charge in [-0.25, -0.2) is 14.0 Å². The van der Waals surface area contributed by atoms with Crippen LogP contribution >= 0.6 is 0 Å². The van der Waals surface area contributed by atoms with Crippen LogP contribution in [-0.2, 0) is 20.4 Å². The van der Waals surface area contributed by atoms with Crippen LogP contribution in [0.4, 0.5) is 9.18 Å². The number of aliphatic carboxylic acids is 1. The number of pyridine rings is 1. The number of rotatable bonds is 9. The molecule has 0 saturated heterocycles. The second-order valence-corrected chi connectivity index (χ2v) is 15.2. The molecule has 0 bridgehead atoms. The normalized spacial score (nSPS) is 14.6. The average molecular weight is 457 g/mol.